The molecular formula is C21H27N7O4. The van der Waals surface area contributed by atoms with Crippen LogP contribution in [0.1, 0.15) is 30.9 Å². The van der Waals surface area contributed by atoms with Crippen LogP contribution in [0.3, 0.4) is 0 Å². The summed E-state index contributed by atoms with van der Waals surface area (Å²) < 4.78 is 11.5. The van der Waals surface area contributed by atoms with Gasteiger partial charge in [-0.1, -0.05) is 6.92 Å². The molecule has 1 atom stereocenters. The van der Waals surface area contributed by atoms with Crippen LogP contribution in [0.2, 0.25) is 0 Å². The van der Waals surface area contributed by atoms with E-state index >= 15 is 0 Å². The molecule has 1 saturated heterocycles. The van der Waals surface area contributed by atoms with Gasteiger partial charge in [-0.3, -0.25) is 9.59 Å². The van der Waals surface area contributed by atoms with Gasteiger partial charge in [0.15, 0.2) is 0 Å². The highest BCUT2D eigenvalue weighted by Crippen LogP contribution is 2.15. The van der Waals surface area contributed by atoms with Crippen molar-refractivity contribution in [3.05, 3.63) is 40.1 Å². The van der Waals surface area contributed by atoms with Crippen molar-refractivity contribution >= 4 is 11.9 Å². The lowest BCUT2D eigenvalue weighted by Gasteiger charge is -2.34. The van der Waals surface area contributed by atoms with Crippen LogP contribution in [0.5, 0.6) is 5.75 Å². The second-order valence-corrected chi connectivity index (χ2v) is 7.41. The zero-order chi connectivity index (χ0) is 22.9. The summed E-state index contributed by atoms with van der Waals surface area (Å²) in [6, 6.07) is 2.00. The first-order chi connectivity index (χ1) is 15.5. The standard InChI is InChI=1S/C21H27N7O4/c1-3-17(32-18-13-25-26-20(30)15(18)2)14-31-9-4-19(29)27-5-7-28(8-6-27)21-23-11-16(10-22)12-24-21/h11-13,17H,3-9,14H2,1-2H3,(H,26,30)/t17-/m0/s1. The minimum absolute atomic E-state index is 0.0361. The molecule has 1 fully saturated rings. The lowest BCUT2D eigenvalue weighted by atomic mass is 10.2. The quantitative estimate of drug-likeness (QED) is 0.556. The third-order valence-electron chi connectivity index (χ3n) is 5.25. The van der Waals surface area contributed by atoms with Gasteiger partial charge in [-0.05, 0) is 13.3 Å². The van der Waals surface area contributed by atoms with Gasteiger partial charge in [0.2, 0.25) is 11.9 Å². The average Bonchev–Trinajstić information content (AvgIpc) is 2.83. The molecule has 0 unspecified atom stereocenters. The predicted octanol–water partition coefficient (Wildman–Crippen LogP) is 0.653. The van der Waals surface area contributed by atoms with Gasteiger partial charge in [0.05, 0.1) is 49.4 Å². The van der Waals surface area contributed by atoms with Gasteiger partial charge in [0.25, 0.3) is 5.56 Å². The van der Waals surface area contributed by atoms with Crippen molar-refractivity contribution in [2.24, 2.45) is 0 Å². The summed E-state index contributed by atoms with van der Waals surface area (Å²) in [6.07, 6.45) is 5.22. The van der Waals surface area contributed by atoms with Gasteiger partial charge in [-0.15, -0.1) is 0 Å². The van der Waals surface area contributed by atoms with E-state index in [-0.39, 0.29) is 24.0 Å². The summed E-state index contributed by atoms with van der Waals surface area (Å²) in [4.78, 5) is 36.3. The highest BCUT2D eigenvalue weighted by molar-refractivity contribution is 5.76. The van der Waals surface area contributed by atoms with E-state index in [0.717, 1.165) is 0 Å². The molecule has 0 aromatic carbocycles. The molecule has 0 bridgehead atoms. The van der Waals surface area contributed by atoms with Crippen molar-refractivity contribution < 1.29 is 14.3 Å². The second kappa shape index (κ2) is 11.2. The third-order valence-corrected chi connectivity index (χ3v) is 5.25. The Labute approximate surface area is 186 Å². The van der Waals surface area contributed by atoms with Crippen LogP contribution in [-0.2, 0) is 9.53 Å². The predicted molar refractivity (Wildman–Crippen MR) is 115 cm³/mol. The first-order valence-corrected chi connectivity index (χ1v) is 10.5. The number of aromatic amines is 1. The number of amides is 1. The monoisotopic (exact) mass is 441 g/mol. The van der Waals surface area contributed by atoms with Crippen molar-refractivity contribution in [2.75, 3.05) is 44.3 Å². The summed E-state index contributed by atoms with van der Waals surface area (Å²) in [7, 11) is 0. The Kier molecular flexibility index (Phi) is 8.10. The summed E-state index contributed by atoms with van der Waals surface area (Å²) >= 11 is 0. The van der Waals surface area contributed by atoms with E-state index in [0.29, 0.717) is 68.6 Å². The Morgan fingerprint density at radius 1 is 1.25 bits per heavy atom. The van der Waals surface area contributed by atoms with E-state index in [2.05, 4.69) is 20.2 Å². The number of carbonyl (C=O) groups excluding carboxylic acids is 1. The van der Waals surface area contributed by atoms with Crippen molar-refractivity contribution in [1.82, 2.24) is 25.1 Å². The molecule has 0 radical (unpaired) electrons. The molecule has 3 heterocycles. The van der Waals surface area contributed by atoms with Crippen molar-refractivity contribution in [3.8, 4) is 11.8 Å². The fourth-order valence-corrected chi connectivity index (χ4v) is 3.21. The molecule has 1 N–H and O–H groups in total. The van der Waals surface area contributed by atoms with Crippen molar-refractivity contribution in [1.29, 1.82) is 5.26 Å². The third kappa shape index (κ3) is 6.01. The van der Waals surface area contributed by atoms with Crippen LogP contribution >= 0.6 is 0 Å². The molecule has 170 valence electrons. The molecular weight excluding hydrogens is 414 g/mol. The Hall–Kier alpha value is -3.52. The summed E-state index contributed by atoms with van der Waals surface area (Å²) in [5, 5.41) is 15.0. The maximum Gasteiger partial charge on any atom is 0.270 e. The minimum Gasteiger partial charge on any atom is -0.486 e. The molecule has 11 nitrogen and oxygen atoms in total. The number of hydrogen-bond donors (Lipinski definition) is 1. The van der Waals surface area contributed by atoms with Gasteiger partial charge < -0.3 is 19.3 Å². The zero-order valence-electron chi connectivity index (χ0n) is 18.3. The summed E-state index contributed by atoms with van der Waals surface area (Å²) in [5.41, 5.74) is 0.608. The minimum atomic E-state index is -0.283. The topological polar surface area (TPSA) is 137 Å². The zero-order valence-corrected chi connectivity index (χ0v) is 18.3. The largest absolute Gasteiger partial charge is 0.486 e. The average molecular weight is 441 g/mol. The van der Waals surface area contributed by atoms with E-state index in [9.17, 15) is 9.59 Å². The summed E-state index contributed by atoms with van der Waals surface area (Å²) in [6.45, 7) is 6.68. The molecule has 0 spiro atoms. The van der Waals surface area contributed by atoms with Crippen LogP contribution in [0.15, 0.2) is 23.4 Å². The molecule has 0 aliphatic carbocycles. The Morgan fingerprint density at radius 2 is 1.97 bits per heavy atom. The summed E-state index contributed by atoms with van der Waals surface area (Å²) in [5.74, 6) is 1.04. The van der Waals surface area contributed by atoms with Gasteiger partial charge in [-0.25, -0.2) is 15.1 Å². The van der Waals surface area contributed by atoms with Gasteiger partial charge in [0.1, 0.15) is 17.9 Å². The fourth-order valence-electron chi connectivity index (χ4n) is 3.21. The van der Waals surface area contributed by atoms with E-state index in [1.54, 1.807) is 6.92 Å². The number of ether oxygens (including phenoxy) is 2. The van der Waals surface area contributed by atoms with Gasteiger partial charge in [0, 0.05) is 26.2 Å². The number of piperazine rings is 1. The maximum atomic E-state index is 12.5. The van der Waals surface area contributed by atoms with Crippen molar-refractivity contribution in [3.63, 3.8) is 0 Å². The Balaban J connectivity index is 1.38. The lowest BCUT2D eigenvalue weighted by Crippen LogP contribution is -2.49. The van der Waals surface area contributed by atoms with Crippen LogP contribution in [0.4, 0.5) is 5.95 Å². The van der Waals surface area contributed by atoms with Crippen molar-refractivity contribution in [2.45, 2.75) is 32.8 Å². The number of aromatic nitrogens is 4. The molecule has 2 aromatic rings. The number of H-pyrrole nitrogens is 1. The molecule has 3 rings (SSSR count). The molecule has 1 aliphatic heterocycles. The number of carbonyl (C=O) groups is 1. The fraction of sp³-hybridized carbons (Fsp3) is 0.524. The first-order valence-electron chi connectivity index (χ1n) is 10.5. The van der Waals surface area contributed by atoms with Crippen LogP contribution in [0.25, 0.3) is 0 Å². The van der Waals surface area contributed by atoms with Crippen LogP contribution in [-0.4, -0.2) is 76.5 Å². The molecule has 2 aromatic heterocycles. The van der Waals surface area contributed by atoms with Crippen LogP contribution in [0, 0.1) is 18.3 Å². The van der Waals surface area contributed by atoms with E-state index in [4.69, 9.17) is 14.7 Å². The number of nitriles is 1. The SMILES string of the molecule is CC[C@@H](COCCC(=O)N1CCN(c2ncc(C#N)cn2)CC1)Oc1cn[nH]c(=O)c1C. The maximum absolute atomic E-state index is 12.5. The lowest BCUT2D eigenvalue weighted by molar-refractivity contribution is -0.132. The highest BCUT2D eigenvalue weighted by atomic mass is 16.5. The number of anilines is 1. The second-order valence-electron chi connectivity index (χ2n) is 7.41. The smallest absolute Gasteiger partial charge is 0.270 e. The number of rotatable bonds is 9. The highest BCUT2D eigenvalue weighted by Gasteiger charge is 2.22. The number of nitrogens with zero attached hydrogens (tertiary/aromatic N) is 6. The Bertz CT molecular complexity index is 994. The first kappa shape index (κ1) is 23.1. The molecule has 1 aliphatic rings. The van der Waals surface area contributed by atoms with E-state index in [1.807, 2.05) is 22.8 Å². The van der Waals surface area contributed by atoms with E-state index in [1.165, 1.54) is 18.6 Å². The number of hydrogen-bond acceptors (Lipinski definition) is 9. The Morgan fingerprint density at radius 3 is 2.62 bits per heavy atom. The number of nitrogens with one attached hydrogen (secondary N) is 1. The molecule has 11 heteroatoms. The van der Waals surface area contributed by atoms with E-state index < -0.39 is 0 Å². The van der Waals surface area contributed by atoms with Gasteiger partial charge in [-0.2, -0.15) is 10.4 Å². The molecule has 32 heavy (non-hydrogen) atoms. The molecule has 0 saturated carbocycles. The molecule has 1 amide bonds. The van der Waals surface area contributed by atoms with Crippen LogP contribution < -0.4 is 15.2 Å². The van der Waals surface area contributed by atoms with Gasteiger partial charge >= 0.3 is 0 Å². The normalized spacial score (nSPS) is 14.7.